The molecule has 0 unspecified atom stereocenters. The Bertz CT molecular complexity index is 637. The Hall–Kier alpha value is -2.33. The molecule has 1 N–H and O–H groups in total. The van der Waals surface area contributed by atoms with Crippen molar-refractivity contribution < 1.29 is 9.63 Å². The third-order valence-corrected chi connectivity index (χ3v) is 3.82. The first-order valence-electron chi connectivity index (χ1n) is 7.03. The Morgan fingerprint density at radius 1 is 1.10 bits per heavy atom. The summed E-state index contributed by atoms with van der Waals surface area (Å²) in [6.07, 6.45) is 1.06. The molecular weight excluding hydrogens is 264 g/mol. The molecule has 2 aromatic carbocycles. The van der Waals surface area contributed by atoms with Gasteiger partial charge >= 0.3 is 0 Å². The zero-order valence-electron chi connectivity index (χ0n) is 12.0. The minimum absolute atomic E-state index is 0.229. The molecule has 0 aliphatic carbocycles. The van der Waals surface area contributed by atoms with Crippen molar-refractivity contribution in [1.82, 2.24) is 5.48 Å². The van der Waals surface area contributed by atoms with E-state index in [1.54, 1.807) is 0 Å². The van der Waals surface area contributed by atoms with Gasteiger partial charge in [0.15, 0.2) is 0 Å². The smallest absolute Gasteiger partial charge is 0.274 e. The predicted molar refractivity (Wildman–Crippen MR) is 82.1 cm³/mol. The summed E-state index contributed by atoms with van der Waals surface area (Å²) in [6.45, 7) is 1.92. The fourth-order valence-electron chi connectivity index (χ4n) is 2.69. The Kier molecular flexibility index (Phi) is 3.88. The van der Waals surface area contributed by atoms with Crippen LogP contribution in [-0.4, -0.2) is 19.6 Å². The SMILES string of the molecule is CONC(=O)c1ccc(N2CCc3ccccc3C2)cc1. The van der Waals surface area contributed by atoms with Crippen LogP contribution in [0.5, 0.6) is 0 Å². The molecule has 1 aliphatic heterocycles. The predicted octanol–water partition coefficient (Wildman–Crippen LogP) is 2.54. The number of carbonyl (C=O) groups is 1. The third kappa shape index (κ3) is 2.90. The summed E-state index contributed by atoms with van der Waals surface area (Å²) in [5.41, 5.74) is 6.87. The van der Waals surface area contributed by atoms with Crippen LogP contribution in [-0.2, 0) is 17.8 Å². The highest BCUT2D eigenvalue weighted by Crippen LogP contribution is 2.24. The number of rotatable bonds is 3. The van der Waals surface area contributed by atoms with Crippen LogP contribution in [0.25, 0.3) is 0 Å². The van der Waals surface area contributed by atoms with Gasteiger partial charge in [-0.3, -0.25) is 9.63 Å². The van der Waals surface area contributed by atoms with Crippen LogP contribution in [0.1, 0.15) is 21.5 Å². The summed E-state index contributed by atoms with van der Waals surface area (Å²) < 4.78 is 0. The number of nitrogens with zero attached hydrogens (tertiary/aromatic N) is 1. The van der Waals surface area contributed by atoms with E-state index in [9.17, 15) is 4.79 Å². The second-order valence-corrected chi connectivity index (χ2v) is 5.12. The highest BCUT2D eigenvalue weighted by molar-refractivity contribution is 5.93. The van der Waals surface area contributed by atoms with Crippen molar-refractivity contribution in [3.05, 3.63) is 65.2 Å². The van der Waals surface area contributed by atoms with E-state index in [0.717, 1.165) is 25.2 Å². The number of nitrogens with one attached hydrogen (secondary N) is 1. The monoisotopic (exact) mass is 282 g/mol. The number of hydroxylamine groups is 1. The van der Waals surface area contributed by atoms with Crippen molar-refractivity contribution in [2.75, 3.05) is 18.6 Å². The van der Waals surface area contributed by atoms with Gasteiger partial charge in [-0.05, 0) is 41.8 Å². The highest BCUT2D eigenvalue weighted by Gasteiger charge is 2.16. The normalized spacial score (nSPS) is 13.7. The van der Waals surface area contributed by atoms with Crippen LogP contribution in [0, 0.1) is 0 Å². The van der Waals surface area contributed by atoms with Gasteiger partial charge in [-0.15, -0.1) is 0 Å². The second-order valence-electron chi connectivity index (χ2n) is 5.12. The molecule has 1 amide bonds. The van der Waals surface area contributed by atoms with E-state index in [-0.39, 0.29) is 5.91 Å². The number of anilines is 1. The summed E-state index contributed by atoms with van der Waals surface area (Å²) in [6, 6.07) is 16.2. The van der Waals surface area contributed by atoms with E-state index in [0.29, 0.717) is 5.56 Å². The molecule has 0 saturated carbocycles. The van der Waals surface area contributed by atoms with Crippen molar-refractivity contribution in [2.24, 2.45) is 0 Å². The minimum atomic E-state index is -0.229. The van der Waals surface area contributed by atoms with E-state index >= 15 is 0 Å². The molecule has 1 heterocycles. The number of amides is 1. The molecule has 4 heteroatoms. The molecule has 3 rings (SSSR count). The largest absolute Gasteiger partial charge is 0.367 e. The molecule has 1 aliphatic rings. The zero-order chi connectivity index (χ0) is 14.7. The lowest BCUT2D eigenvalue weighted by Gasteiger charge is -2.30. The fraction of sp³-hybridized carbons (Fsp3) is 0.235. The molecule has 0 fully saturated rings. The molecule has 0 radical (unpaired) electrons. The van der Waals surface area contributed by atoms with Crippen LogP contribution in [0.3, 0.4) is 0 Å². The maximum atomic E-state index is 11.6. The molecule has 0 spiro atoms. The Balaban J connectivity index is 1.75. The van der Waals surface area contributed by atoms with Gasteiger partial charge in [0.1, 0.15) is 0 Å². The number of carbonyl (C=O) groups excluding carboxylic acids is 1. The van der Waals surface area contributed by atoms with Gasteiger partial charge in [0, 0.05) is 24.3 Å². The van der Waals surface area contributed by atoms with E-state index in [2.05, 4.69) is 39.5 Å². The molecule has 0 saturated heterocycles. The quantitative estimate of drug-likeness (QED) is 0.880. The maximum absolute atomic E-state index is 11.6. The van der Waals surface area contributed by atoms with Crippen LogP contribution >= 0.6 is 0 Å². The van der Waals surface area contributed by atoms with Gasteiger partial charge in [0.25, 0.3) is 5.91 Å². The van der Waals surface area contributed by atoms with Crippen molar-refractivity contribution in [3.63, 3.8) is 0 Å². The van der Waals surface area contributed by atoms with E-state index < -0.39 is 0 Å². The van der Waals surface area contributed by atoms with Gasteiger partial charge in [-0.25, -0.2) is 5.48 Å². The summed E-state index contributed by atoms with van der Waals surface area (Å²) in [7, 11) is 1.43. The summed E-state index contributed by atoms with van der Waals surface area (Å²) in [4.78, 5) is 18.6. The van der Waals surface area contributed by atoms with Gasteiger partial charge in [0.2, 0.25) is 0 Å². The molecule has 0 aromatic heterocycles. The molecule has 108 valence electrons. The van der Waals surface area contributed by atoms with Crippen molar-refractivity contribution in [2.45, 2.75) is 13.0 Å². The van der Waals surface area contributed by atoms with Crippen LogP contribution in [0.4, 0.5) is 5.69 Å². The first-order valence-corrected chi connectivity index (χ1v) is 7.03. The lowest BCUT2D eigenvalue weighted by Crippen LogP contribution is -2.30. The number of fused-ring (bicyclic) bond motifs is 1. The van der Waals surface area contributed by atoms with Gasteiger partial charge in [0.05, 0.1) is 7.11 Å². The number of hydrogen-bond acceptors (Lipinski definition) is 3. The first-order chi connectivity index (χ1) is 10.3. The summed E-state index contributed by atoms with van der Waals surface area (Å²) in [5.74, 6) is -0.229. The standard InChI is InChI=1S/C17H18N2O2/c1-21-18-17(20)14-6-8-16(9-7-14)19-11-10-13-4-2-3-5-15(13)12-19/h2-9H,10-12H2,1H3,(H,18,20). The Morgan fingerprint density at radius 2 is 1.81 bits per heavy atom. The average Bonchev–Trinajstić information content (AvgIpc) is 2.55. The number of benzene rings is 2. The first kappa shape index (κ1) is 13.6. The van der Waals surface area contributed by atoms with Crippen LogP contribution in [0.2, 0.25) is 0 Å². The Labute approximate surface area is 124 Å². The second kappa shape index (κ2) is 5.97. The van der Waals surface area contributed by atoms with Gasteiger partial charge < -0.3 is 4.90 Å². The average molecular weight is 282 g/mol. The van der Waals surface area contributed by atoms with Gasteiger partial charge in [-0.1, -0.05) is 24.3 Å². The molecule has 2 aromatic rings. The molecule has 21 heavy (non-hydrogen) atoms. The maximum Gasteiger partial charge on any atom is 0.274 e. The zero-order valence-corrected chi connectivity index (χ0v) is 12.0. The molecule has 0 atom stereocenters. The molecule has 4 nitrogen and oxygen atoms in total. The summed E-state index contributed by atoms with van der Waals surface area (Å²) in [5, 5.41) is 0. The number of hydrogen-bond donors (Lipinski definition) is 1. The van der Waals surface area contributed by atoms with Crippen LogP contribution in [0.15, 0.2) is 48.5 Å². The summed E-state index contributed by atoms with van der Waals surface area (Å²) >= 11 is 0. The molecular formula is C17H18N2O2. The van der Waals surface area contributed by atoms with E-state index in [4.69, 9.17) is 0 Å². The van der Waals surface area contributed by atoms with Crippen LogP contribution < -0.4 is 10.4 Å². The van der Waals surface area contributed by atoms with E-state index in [1.807, 2.05) is 24.3 Å². The third-order valence-electron chi connectivity index (χ3n) is 3.82. The Morgan fingerprint density at radius 3 is 2.52 bits per heavy atom. The van der Waals surface area contributed by atoms with Crippen molar-refractivity contribution >= 4 is 11.6 Å². The van der Waals surface area contributed by atoms with E-state index in [1.165, 1.54) is 18.2 Å². The lowest BCUT2D eigenvalue weighted by atomic mass is 9.99. The highest BCUT2D eigenvalue weighted by atomic mass is 16.6. The topological polar surface area (TPSA) is 41.6 Å². The molecule has 0 bridgehead atoms. The lowest BCUT2D eigenvalue weighted by molar-refractivity contribution is 0.0537. The van der Waals surface area contributed by atoms with Gasteiger partial charge in [-0.2, -0.15) is 0 Å². The van der Waals surface area contributed by atoms with Crippen molar-refractivity contribution in [3.8, 4) is 0 Å². The van der Waals surface area contributed by atoms with Crippen molar-refractivity contribution in [1.29, 1.82) is 0 Å². The fourth-order valence-corrected chi connectivity index (χ4v) is 2.69. The minimum Gasteiger partial charge on any atom is -0.367 e.